The molecule has 162 valence electrons. The number of esters is 1. The van der Waals surface area contributed by atoms with Gasteiger partial charge in [-0.05, 0) is 49.4 Å². The Hall–Kier alpha value is -3.84. The number of amides is 1. The van der Waals surface area contributed by atoms with Crippen LogP contribution in [-0.4, -0.2) is 28.7 Å². The van der Waals surface area contributed by atoms with Crippen molar-refractivity contribution in [3.63, 3.8) is 0 Å². The van der Waals surface area contributed by atoms with E-state index in [1.807, 2.05) is 0 Å². The number of furan rings is 1. The summed E-state index contributed by atoms with van der Waals surface area (Å²) in [6.07, 6.45) is 3.11. The van der Waals surface area contributed by atoms with Gasteiger partial charge in [0.2, 0.25) is 5.78 Å². The lowest BCUT2D eigenvalue weighted by Gasteiger charge is -2.07. The van der Waals surface area contributed by atoms with E-state index in [4.69, 9.17) is 20.8 Å². The third-order valence-corrected chi connectivity index (χ3v) is 5.09. The summed E-state index contributed by atoms with van der Waals surface area (Å²) in [5.74, 6) is -0.622. The Morgan fingerprint density at radius 3 is 2.62 bits per heavy atom. The van der Waals surface area contributed by atoms with Crippen LogP contribution in [0.15, 0.2) is 71.5 Å². The molecule has 0 unspecified atom stereocenters. The zero-order chi connectivity index (χ0) is 22.7. The van der Waals surface area contributed by atoms with Crippen molar-refractivity contribution in [3.8, 4) is 0 Å². The van der Waals surface area contributed by atoms with Gasteiger partial charge < -0.3 is 18.9 Å². The Kier molecular flexibility index (Phi) is 6.09. The van der Waals surface area contributed by atoms with Crippen LogP contribution in [0, 0.1) is 0 Å². The molecular weight excluding hydrogens is 432 g/mol. The fourth-order valence-corrected chi connectivity index (χ4v) is 3.54. The molecule has 1 amide bonds. The third kappa shape index (κ3) is 4.29. The van der Waals surface area contributed by atoms with E-state index in [1.165, 1.54) is 12.3 Å². The minimum absolute atomic E-state index is 0.178. The first kappa shape index (κ1) is 21.4. The van der Waals surface area contributed by atoms with Crippen molar-refractivity contribution in [2.75, 3.05) is 6.61 Å². The topological polar surface area (TPSA) is 90.0 Å². The summed E-state index contributed by atoms with van der Waals surface area (Å²) >= 11 is 6.03. The van der Waals surface area contributed by atoms with Crippen molar-refractivity contribution in [1.82, 2.24) is 9.72 Å². The number of aromatic nitrogens is 1. The number of hydrogen-bond acceptors (Lipinski definition) is 5. The molecule has 7 nitrogen and oxygen atoms in total. The standard InChI is InChI=1S/C24H19ClN2O5/c1-2-31-24(30)19-13-21(22(28)15-5-3-6-17(25)11-15)27-9-8-16(12-20(19)27)23(29)26-14-18-7-4-10-32-18/h3-13H,2,14H2,1H3,(H,26,29). The summed E-state index contributed by atoms with van der Waals surface area (Å²) in [7, 11) is 0. The highest BCUT2D eigenvalue weighted by Crippen LogP contribution is 2.23. The molecule has 0 aliphatic rings. The first-order valence-electron chi connectivity index (χ1n) is 9.91. The maximum absolute atomic E-state index is 13.1. The van der Waals surface area contributed by atoms with Crippen LogP contribution in [-0.2, 0) is 11.3 Å². The van der Waals surface area contributed by atoms with Crippen LogP contribution >= 0.6 is 11.6 Å². The lowest BCUT2D eigenvalue weighted by molar-refractivity contribution is 0.0528. The fraction of sp³-hybridized carbons (Fsp3) is 0.125. The first-order chi connectivity index (χ1) is 15.5. The molecule has 0 bridgehead atoms. The molecule has 0 spiro atoms. The highest BCUT2D eigenvalue weighted by Gasteiger charge is 2.22. The number of benzene rings is 1. The molecule has 0 radical (unpaired) electrons. The van der Waals surface area contributed by atoms with E-state index in [-0.39, 0.29) is 36.1 Å². The summed E-state index contributed by atoms with van der Waals surface area (Å²) < 4.78 is 11.9. The number of pyridine rings is 1. The van der Waals surface area contributed by atoms with Crippen molar-refractivity contribution in [1.29, 1.82) is 0 Å². The van der Waals surface area contributed by atoms with Gasteiger partial charge in [-0.3, -0.25) is 9.59 Å². The van der Waals surface area contributed by atoms with E-state index in [2.05, 4.69) is 5.32 Å². The van der Waals surface area contributed by atoms with Gasteiger partial charge in [-0.2, -0.15) is 0 Å². The second kappa shape index (κ2) is 9.11. The van der Waals surface area contributed by atoms with Gasteiger partial charge in [0.1, 0.15) is 5.76 Å². The molecule has 8 heteroatoms. The number of fused-ring (bicyclic) bond motifs is 1. The molecule has 3 aromatic heterocycles. The SMILES string of the molecule is CCOC(=O)c1cc(C(=O)c2cccc(Cl)c2)n2ccc(C(=O)NCc3ccco3)cc12. The van der Waals surface area contributed by atoms with Gasteiger partial charge in [-0.15, -0.1) is 0 Å². The zero-order valence-corrected chi connectivity index (χ0v) is 17.9. The van der Waals surface area contributed by atoms with Crippen LogP contribution < -0.4 is 5.32 Å². The zero-order valence-electron chi connectivity index (χ0n) is 17.1. The average Bonchev–Trinajstić information content (AvgIpc) is 3.44. The molecule has 0 atom stereocenters. The fourth-order valence-electron chi connectivity index (χ4n) is 3.35. The maximum atomic E-state index is 13.1. The van der Waals surface area contributed by atoms with E-state index in [1.54, 1.807) is 66.1 Å². The van der Waals surface area contributed by atoms with Gasteiger partial charge in [0.25, 0.3) is 5.91 Å². The molecule has 3 heterocycles. The summed E-state index contributed by atoms with van der Waals surface area (Å²) in [6, 6.07) is 14.7. The number of nitrogens with one attached hydrogen (secondary N) is 1. The molecule has 0 saturated heterocycles. The lowest BCUT2D eigenvalue weighted by Crippen LogP contribution is -2.22. The van der Waals surface area contributed by atoms with Gasteiger partial charge in [-0.25, -0.2) is 4.79 Å². The summed E-state index contributed by atoms with van der Waals surface area (Å²) in [5.41, 5.74) is 1.55. The minimum Gasteiger partial charge on any atom is -0.467 e. The molecule has 1 aromatic carbocycles. The molecule has 32 heavy (non-hydrogen) atoms. The van der Waals surface area contributed by atoms with Gasteiger partial charge in [0.15, 0.2) is 0 Å². The van der Waals surface area contributed by atoms with E-state index < -0.39 is 5.97 Å². The summed E-state index contributed by atoms with van der Waals surface area (Å²) in [6.45, 7) is 2.10. The monoisotopic (exact) mass is 450 g/mol. The number of ether oxygens (including phenoxy) is 1. The molecule has 0 fully saturated rings. The highest BCUT2D eigenvalue weighted by molar-refractivity contribution is 6.31. The Balaban J connectivity index is 1.73. The van der Waals surface area contributed by atoms with Crippen LogP contribution in [0.5, 0.6) is 0 Å². The number of ketones is 1. The van der Waals surface area contributed by atoms with Crippen molar-refractivity contribution in [2.24, 2.45) is 0 Å². The number of halogens is 1. The average molecular weight is 451 g/mol. The molecule has 0 aliphatic heterocycles. The maximum Gasteiger partial charge on any atom is 0.340 e. The molecule has 4 rings (SSSR count). The first-order valence-corrected chi connectivity index (χ1v) is 10.3. The van der Waals surface area contributed by atoms with E-state index in [0.29, 0.717) is 27.4 Å². The number of carbonyl (C=O) groups excluding carboxylic acids is 3. The predicted molar refractivity (Wildman–Crippen MR) is 118 cm³/mol. The van der Waals surface area contributed by atoms with Gasteiger partial charge in [0, 0.05) is 22.3 Å². The van der Waals surface area contributed by atoms with Gasteiger partial charge in [-0.1, -0.05) is 23.7 Å². The number of hydrogen-bond donors (Lipinski definition) is 1. The van der Waals surface area contributed by atoms with Crippen LogP contribution in [0.25, 0.3) is 5.52 Å². The van der Waals surface area contributed by atoms with E-state index in [0.717, 1.165) is 0 Å². The van der Waals surface area contributed by atoms with Crippen LogP contribution in [0.4, 0.5) is 0 Å². The Labute approximate surface area is 188 Å². The molecule has 0 saturated carbocycles. The van der Waals surface area contributed by atoms with Crippen molar-refractivity contribution < 1.29 is 23.5 Å². The predicted octanol–water partition coefficient (Wildman–Crippen LogP) is 4.52. The third-order valence-electron chi connectivity index (χ3n) is 4.85. The summed E-state index contributed by atoms with van der Waals surface area (Å²) in [4.78, 5) is 38.3. The number of rotatable bonds is 7. The van der Waals surface area contributed by atoms with Gasteiger partial charge in [0.05, 0.1) is 36.2 Å². The van der Waals surface area contributed by atoms with E-state index in [9.17, 15) is 14.4 Å². The Bertz CT molecular complexity index is 1310. The van der Waals surface area contributed by atoms with Crippen LogP contribution in [0.3, 0.4) is 0 Å². The largest absolute Gasteiger partial charge is 0.467 e. The van der Waals surface area contributed by atoms with Crippen molar-refractivity contribution >= 4 is 34.8 Å². The quantitative estimate of drug-likeness (QED) is 0.330. The van der Waals surface area contributed by atoms with Crippen molar-refractivity contribution in [2.45, 2.75) is 13.5 Å². The van der Waals surface area contributed by atoms with E-state index >= 15 is 0 Å². The molecule has 0 aliphatic carbocycles. The number of carbonyl (C=O) groups is 3. The van der Waals surface area contributed by atoms with Gasteiger partial charge >= 0.3 is 5.97 Å². The number of nitrogens with zero attached hydrogens (tertiary/aromatic N) is 1. The normalized spacial score (nSPS) is 10.8. The van der Waals surface area contributed by atoms with Crippen LogP contribution in [0.1, 0.15) is 49.5 Å². The Morgan fingerprint density at radius 2 is 1.91 bits per heavy atom. The molecule has 1 N–H and O–H groups in total. The smallest absolute Gasteiger partial charge is 0.340 e. The van der Waals surface area contributed by atoms with Crippen molar-refractivity contribution in [3.05, 3.63) is 100 Å². The second-order valence-corrected chi connectivity index (χ2v) is 7.37. The second-order valence-electron chi connectivity index (χ2n) is 6.94. The molecule has 4 aromatic rings. The highest BCUT2D eigenvalue weighted by atomic mass is 35.5. The Morgan fingerprint density at radius 1 is 1.06 bits per heavy atom. The molecular formula is C24H19ClN2O5. The van der Waals surface area contributed by atoms with Crippen LogP contribution in [0.2, 0.25) is 5.02 Å². The summed E-state index contributed by atoms with van der Waals surface area (Å²) in [5, 5.41) is 3.19. The minimum atomic E-state index is -0.580. The lowest BCUT2D eigenvalue weighted by atomic mass is 10.1.